The molecule has 0 amide bonds. The molecule has 0 aliphatic heterocycles. The molecule has 0 aliphatic rings. The zero-order valence-corrected chi connectivity index (χ0v) is 9.69. The van der Waals surface area contributed by atoms with Crippen LogP contribution in [0.3, 0.4) is 0 Å². The number of aromatic nitrogens is 2. The van der Waals surface area contributed by atoms with Gasteiger partial charge < -0.3 is 0 Å². The highest BCUT2D eigenvalue weighted by molar-refractivity contribution is 8.00. The first-order chi connectivity index (χ1) is 7.81. The van der Waals surface area contributed by atoms with E-state index in [0.717, 1.165) is 4.34 Å². The molecule has 0 saturated carbocycles. The van der Waals surface area contributed by atoms with Crippen molar-refractivity contribution in [1.29, 1.82) is 5.26 Å². The Kier molecular flexibility index (Phi) is 3.49. The molecular weight excluding hydrogens is 245 g/mol. The van der Waals surface area contributed by atoms with Crippen molar-refractivity contribution in [2.75, 3.05) is 0 Å². The van der Waals surface area contributed by atoms with Crippen LogP contribution in [0.4, 0.5) is 4.39 Å². The molecule has 0 aliphatic carbocycles. The minimum absolute atomic E-state index is 0.0790. The highest BCUT2D eigenvalue weighted by Gasteiger charge is 2.08. The maximum atomic E-state index is 13.6. The topological polar surface area (TPSA) is 49.6 Å². The first-order valence-corrected chi connectivity index (χ1v) is 6.14. The Labute approximate surface area is 100 Å². The fourth-order valence-electron chi connectivity index (χ4n) is 1.14. The van der Waals surface area contributed by atoms with E-state index in [2.05, 4.69) is 9.36 Å². The number of halogens is 1. The Morgan fingerprint density at radius 2 is 2.38 bits per heavy atom. The van der Waals surface area contributed by atoms with Crippen LogP contribution < -0.4 is 0 Å². The van der Waals surface area contributed by atoms with E-state index in [0.29, 0.717) is 11.3 Å². The molecule has 1 heterocycles. The summed E-state index contributed by atoms with van der Waals surface area (Å²) in [5, 5.41) is 8.68. The van der Waals surface area contributed by atoms with Crippen LogP contribution in [0.5, 0.6) is 0 Å². The van der Waals surface area contributed by atoms with E-state index in [1.807, 2.05) is 6.07 Å². The zero-order chi connectivity index (χ0) is 11.4. The zero-order valence-electron chi connectivity index (χ0n) is 8.05. The summed E-state index contributed by atoms with van der Waals surface area (Å²) in [5.74, 6) is 0.0123. The number of hydrogen-bond acceptors (Lipinski definition) is 5. The number of benzene rings is 1. The van der Waals surface area contributed by atoms with Crippen LogP contribution in [-0.4, -0.2) is 9.36 Å². The van der Waals surface area contributed by atoms with Crippen LogP contribution in [-0.2, 0) is 5.75 Å². The van der Waals surface area contributed by atoms with Crippen molar-refractivity contribution >= 4 is 23.3 Å². The fourth-order valence-corrected chi connectivity index (χ4v) is 2.56. The first kappa shape index (κ1) is 11.0. The molecule has 0 unspecified atom stereocenters. The lowest BCUT2D eigenvalue weighted by Crippen LogP contribution is -1.91. The molecule has 0 radical (unpaired) electrons. The van der Waals surface area contributed by atoms with Gasteiger partial charge in [-0.2, -0.15) is 9.64 Å². The van der Waals surface area contributed by atoms with Crippen molar-refractivity contribution in [3.05, 3.63) is 41.5 Å². The first-order valence-electron chi connectivity index (χ1n) is 4.38. The largest absolute Gasteiger partial charge is 0.216 e. The molecule has 0 saturated heterocycles. The molecule has 0 spiro atoms. The van der Waals surface area contributed by atoms with E-state index in [1.54, 1.807) is 12.1 Å². The molecule has 2 aromatic rings. The molecule has 80 valence electrons. The monoisotopic (exact) mass is 251 g/mol. The Hall–Kier alpha value is -1.45. The van der Waals surface area contributed by atoms with E-state index in [9.17, 15) is 4.39 Å². The number of nitriles is 1. The van der Waals surface area contributed by atoms with Gasteiger partial charge in [-0.15, -0.1) is 0 Å². The average Bonchev–Trinajstić information content (AvgIpc) is 2.81. The van der Waals surface area contributed by atoms with Gasteiger partial charge in [-0.25, -0.2) is 9.37 Å². The highest BCUT2D eigenvalue weighted by atomic mass is 32.2. The third kappa shape index (κ3) is 2.38. The fraction of sp³-hybridized carbons (Fsp3) is 0.100. The van der Waals surface area contributed by atoms with Gasteiger partial charge in [-0.05, 0) is 23.2 Å². The van der Waals surface area contributed by atoms with Gasteiger partial charge in [0.1, 0.15) is 18.2 Å². The number of thioether (sulfide) groups is 1. The van der Waals surface area contributed by atoms with Gasteiger partial charge >= 0.3 is 0 Å². The molecule has 2 rings (SSSR count). The summed E-state index contributed by atoms with van der Waals surface area (Å²) in [6.45, 7) is 0. The van der Waals surface area contributed by atoms with Crippen LogP contribution in [0.15, 0.2) is 28.9 Å². The van der Waals surface area contributed by atoms with Crippen molar-refractivity contribution in [3.8, 4) is 6.07 Å². The smallest absolute Gasteiger partial charge is 0.170 e. The van der Waals surface area contributed by atoms with Gasteiger partial charge in [0.2, 0.25) is 0 Å². The van der Waals surface area contributed by atoms with E-state index in [-0.39, 0.29) is 5.56 Å². The van der Waals surface area contributed by atoms with Crippen molar-refractivity contribution in [3.63, 3.8) is 0 Å². The second kappa shape index (κ2) is 5.05. The van der Waals surface area contributed by atoms with Crippen LogP contribution >= 0.6 is 23.3 Å². The third-order valence-corrected chi connectivity index (χ3v) is 3.74. The maximum absolute atomic E-state index is 13.6. The van der Waals surface area contributed by atoms with Crippen LogP contribution in [0, 0.1) is 17.1 Å². The summed E-state index contributed by atoms with van der Waals surface area (Å²) in [5.41, 5.74) is 0.592. The highest BCUT2D eigenvalue weighted by Crippen LogP contribution is 2.25. The SMILES string of the molecule is N#Cc1cccc(CSc2ncns2)c1F. The summed E-state index contributed by atoms with van der Waals surface area (Å²) in [7, 11) is 0. The number of nitrogens with zero attached hydrogens (tertiary/aromatic N) is 3. The molecule has 6 heteroatoms. The summed E-state index contributed by atoms with van der Waals surface area (Å²) < 4.78 is 18.3. The maximum Gasteiger partial charge on any atom is 0.170 e. The summed E-state index contributed by atoms with van der Waals surface area (Å²) in [6, 6.07) is 6.63. The number of rotatable bonds is 3. The number of hydrogen-bond donors (Lipinski definition) is 0. The molecule has 0 fully saturated rings. The molecule has 1 aromatic carbocycles. The second-order valence-electron chi connectivity index (χ2n) is 2.89. The lowest BCUT2D eigenvalue weighted by molar-refractivity contribution is 0.613. The molecule has 16 heavy (non-hydrogen) atoms. The van der Waals surface area contributed by atoms with Crippen molar-refractivity contribution in [2.24, 2.45) is 0 Å². The summed E-state index contributed by atoms with van der Waals surface area (Å²) in [6.07, 6.45) is 1.47. The van der Waals surface area contributed by atoms with Crippen molar-refractivity contribution < 1.29 is 4.39 Å². The lowest BCUT2D eigenvalue weighted by atomic mass is 10.1. The summed E-state index contributed by atoms with van der Waals surface area (Å²) in [4.78, 5) is 3.99. The Bertz CT molecular complexity index is 519. The molecule has 0 N–H and O–H groups in total. The van der Waals surface area contributed by atoms with Gasteiger partial charge in [-0.1, -0.05) is 23.9 Å². The molecular formula is C10H6FN3S2. The quantitative estimate of drug-likeness (QED) is 0.787. The Morgan fingerprint density at radius 3 is 3.06 bits per heavy atom. The van der Waals surface area contributed by atoms with Gasteiger partial charge in [0.25, 0.3) is 0 Å². The summed E-state index contributed by atoms with van der Waals surface area (Å²) >= 11 is 2.68. The predicted octanol–water partition coefficient (Wildman–Crippen LogP) is 2.84. The van der Waals surface area contributed by atoms with Gasteiger partial charge in [0.05, 0.1) is 5.56 Å². The van der Waals surface area contributed by atoms with Gasteiger partial charge in [0, 0.05) is 5.75 Å². The van der Waals surface area contributed by atoms with Gasteiger partial charge in [-0.3, -0.25) is 0 Å². The van der Waals surface area contributed by atoms with Crippen LogP contribution in [0.2, 0.25) is 0 Å². The van der Waals surface area contributed by atoms with Gasteiger partial charge in [0.15, 0.2) is 4.34 Å². The molecule has 3 nitrogen and oxygen atoms in total. The van der Waals surface area contributed by atoms with Crippen LogP contribution in [0.25, 0.3) is 0 Å². The lowest BCUT2D eigenvalue weighted by Gasteiger charge is -2.01. The minimum Gasteiger partial charge on any atom is -0.216 e. The van der Waals surface area contributed by atoms with E-state index < -0.39 is 5.82 Å². The normalized spacial score (nSPS) is 10.0. The standard InChI is InChI=1S/C10H6FN3S2/c11-9-7(4-12)2-1-3-8(9)5-15-10-13-6-14-16-10/h1-3,6H,5H2. The molecule has 0 atom stereocenters. The Balaban J connectivity index is 2.13. The second-order valence-corrected chi connectivity index (χ2v) is 4.89. The molecule has 1 aromatic heterocycles. The van der Waals surface area contributed by atoms with E-state index >= 15 is 0 Å². The van der Waals surface area contributed by atoms with Crippen LogP contribution in [0.1, 0.15) is 11.1 Å². The van der Waals surface area contributed by atoms with Crippen molar-refractivity contribution in [2.45, 2.75) is 10.1 Å². The predicted molar refractivity (Wildman–Crippen MR) is 60.6 cm³/mol. The average molecular weight is 251 g/mol. The van der Waals surface area contributed by atoms with E-state index in [4.69, 9.17) is 5.26 Å². The minimum atomic E-state index is -0.443. The third-order valence-electron chi connectivity index (χ3n) is 1.89. The molecule has 0 bridgehead atoms. The van der Waals surface area contributed by atoms with Crippen molar-refractivity contribution in [1.82, 2.24) is 9.36 Å². The van der Waals surface area contributed by atoms with E-state index in [1.165, 1.54) is 35.7 Å². The Morgan fingerprint density at radius 1 is 1.50 bits per heavy atom.